The maximum absolute atomic E-state index is 12.8. The second-order valence-corrected chi connectivity index (χ2v) is 6.42. The highest BCUT2D eigenvalue weighted by molar-refractivity contribution is 5.80. The molecular weight excluding hydrogens is 384 g/mol. The van der Waals surface area contributed by atoms with Gasteiger partial charge in [-0.2, -0.15) is 8.78 Å². The number of fused-ring (bicyclic) bond motifs is 1. The SMILES string of the molecule is C=C(C)CNC(=NCc1cc2c(cc1OC(F)F)OCO2)NCCc1ccco1. The van der Waals surface area contributed by atoms with E-state index in [-0.39, 0.29) is 19.1 Å². The molecule has 2 heterocycles. The molecule has 0 saturated carbocycles. The van der Waals surface area contributed by atoms with E-state index in [1.54, 1.807) is 12.3 Å². The first-order valence-electron chi connectivity index (χ1n) is 9.07. The van der Waals surface area contributed by atoms with Gasteiger partial charge in [0, 0.05) is 31.1 Å². The monoisotopic (exact) mass is 407 g/mol. The number of guanidine groups is 1. The van der Waals surface area contributed by atoms with Gasteiger partial charge in [-0.1, -0.05) is 12.2 Å². The van der Waals surface area contributed by atoms with Crippen molar-refractivity contribution in [3.8, 4) is 17.2 Å². The number of rotatable bonds is 9. The van der Waals surface area contributed by atoms with Crippen molar-refractivity contribution in [1.82, 2.24) is 10.6 Å². The van der Waals surface area contributed by atoms with Crippen LogP contribution in [0.2, 0.25) is 0 Å². The predicted octanol–water partition coefficient (Wildman–Crippen LogP) is 3.46. The van der Waals surface area contributed by atoms with Gasteiger partial charge in [-0.15, -0.1) is 0 Å². The zero-order valence-corrected chi connectivity index (χ0v) is 16.0. The summed E-state index contributed by atoms with van der Waals surface area (Å²) in [5, 5.41) is 6.34. The van der Waals surface area contributed by atoms with E-state index < -0.39 is 6.61 Å². The molecular formula is C20H23F2N3O4. The number of nitrogens with zero attached hydrogens (tertiary/aromatic N) is 1. The number of furan rings is 1. The third-order valence-corrected chi connectivity index (χ3v) is 3.98. The summed E-state index contributed by atoms with van der Waals surface area (Å²) in [4.78, 5) is 4.48. The van der Waals surface area contributed by atoms with Crippen molar-refractivity contribution in [1.29, 1.82) is 0 Å². The molecule has 7 nitrogen and oxygen atoms in total. The number of ether oxygens (including phenoxy) is 3. The molecule has 9 heteroatoms. The first-order valence-corrected chi connectivity index (χ1v) is 9.07. The zero-order chi connectivity index (χ0) is 20.6. The molecule has 29 heavy (non-hydrogen) atoms. The number of hydrogen-bond acceptors (Lipinski definition) is 5. The summed E-state index contributed by atoms with van der Waals surface area (Å²) in [7, 11) is 0. The van der Waals surface area contributed by atoms with E-state index in [4.69, 9.17) is 13.9 Å². The molecule has 0 amide bonds. The van der Waals surface area contributed by atoms with E-state index >= 15 is 0 Å². The Kier molecular flexibility index (Phi) is 6.94. The third kappa shape index (κ3) is 6.13. The van der Waals surface area contributed by atoms with E-state index in [9.17, 15) is 8.78 Å². The van der Waals surface area contributed by atoms with Gasteiger partial charge in [0.25, 0.3) is 0 Å². The topological polar surface area (TPSA) is 77.3 Å². The molecule has 156 valence electrons. The van der Waals surface area contributed by atoms with Crippen LogP contribution in [-0.4, -0.2) is 32.5 Å². The lowest BCUT2D eigenvalue weighted by Gasteiger charge is -2.14. The van der Waals surface area contributed by atoms with Crippen molar-refractivity contribution in [2.45, 2.75) is 26.5 Å². The van der Waals surface area contributed by atoms with Gasteiger partial charge < -0.3 is 29.3 Å². The largest absolute Gasteiger partial charge is 0.469 e. The van der Waals surface area contributed by atoms with E-state index in [1.807, 2.05) is 19.1 Å². The first kappa shape index (κ1) is 20.5. The molecule has 0 aliphatic carbocycles. The summed E-state index contributed by atoms with van der Waals surface area (Å²) in [5.74, 6) is 2.20. The van der Waals surface area contributed by atoms with Gasteiger partial charge in [0.1, 0.15) is 11.5 Å². The minimum atomic E-state index is -2.95. The van der Waals surface area contributed by atoms with Crippen LogP contribution in [0.3, 0.4) is 0 Å². The van der Waals surface area contributed by atoms with Gasteiger partial charge in [0.05, 0.1) is 12.8 Å². The Labute approximate surface area is 167 Å². The summed E-state index contributed by atoms with van der Waals surface area (Å²) < 4.78 is 46.1. The summed E-state index contributed by atoms with van der Waals surface area (Å²) in [6, 6.07) is 6.71. The van der Waals surface area contributed by atoms with Gasteiger partial charge in [0.2, 0.25) is 6.79 Å². The fraction of sp³-hybridized carbons (Fsp3) is 0.350. The molecule has 0 bridgehead atoms. The van der Waals surface area contributed by atoms with Gasteiger partial charge in [0.15, 0.2) is 17.5 Å². The second kappa shape index (κ2) is 9.81. The van der Waals surface area contributed by atoms with Crippen LogP contribution in [0.25, 0.3) is 0 Å². The fourth-order valence-corrected chi connectivity index (χ4v) is 2.63. The highest BCUT2D eigenvalue weighted by Crippen LogP contribution is 2.39. The van der Waals surface area contributed by atoms with Crippen LogP contribution in [-0.2, 0) is 13.0 Å². The van der Waals surface area contributed by atoms with Crippen LogP contribution >= 0.6 is 0 Å². The van der Waals surface area contributed by atoms with Crippen molar-refractivity contribution in [2.75, 3.05) is 19.9 Å². The lowest BCUT2D eigenvalue weighted by Crippen LogP contribution is -2.39. The third-order valence-electron chi connectivity index (χ3n) is 3.98. The molecule has 0 unspecified atom stereocenters. The molecule has 2 N–H and O–H groups in total. The molecule has 1 aromatic carbocycles. The Morgan fingerprint density at radius 3 is 2.76 bits per heavy atom. The van der Waals surface area contributed by atoms with Gasteiger partial charge in [-0.25, -0.2) is 4.99 Å². The van der Waals surface area contributed by atoms with Crippen molar-refractivity contribution < 1.29 is 27.4 Å². The number of benzene rings is 1. The van der Waals surface area contributed by atoms with Gasteiger partial charge in [-0.3, -0.25) is 0 Å². The van der Waals surface area contributed by atoms with Crippen LogP contribution in [0.5, 0.6) is 17.2 Å². The molecule has 0 atom stereocenters. The Bertz CT molecular complexity index is 854. The minimum Gasteiger partial charge on any atom is -0.469 e. The van der Waals surface area contributed by atoms with E-state index in [0.29, 0.717) is 42.5 Å². The number of alkyl halides is 2. The molecule has 0 saturated heterocycles. The molecule has 0 radical (unpaired) electrons. The lowest BCUT2D eigenvalue weighted by atomic mass is 10.1. The van der Waals surface area contributed by atoms with Crippen LogP contribution in [0.4, 0.5) is 8.78 Å². The van der Waals surface area contributed by atoms with E-state index in [0.717, 1.165) is 11.3 Å². The minimum absolute atomic E-state index is 0.00263. The van der Waals surface area contributed by atoms with E-state index in [2.05, 4.69) is 26.9 Å². The number of aliphatic imine (C=N–C) groups is 1. The summed E-state index contributed by atoms with van der Waals surface area (Å²) in [6.45, 7) is 4.04. The van der Waals surface area contributed by atoms with Crippen molar-refractivity contribution in [3.05, 3.63) is 54.0 Å². The number of halogens is 2. The predicted molar refractivity (Wildman–Crippen MR) is 104 cm³/mol. The summed E-state index contributed by atoms with van der Waals surface area (Å²) in [6.07, 6.45) is 2.29. The molecule has 1 aromatic heterocycles. The molecule has 3 rings (SSSR count). The molecule has 1 aliphatic heterocycles. The smallest absolute Gasteiger partial charge is 0.387 e. The van der Waals surface area contributed by atoms with Crippen LogP contribution in [0.1, 0.15) is 18.2 Å². The Balaban J connectivity index is 1.71. The maximum atomic E-state index is 12.8. The van der Waals surface area contributed by atoms with Crippen LogP contribution < -0.4 is 24.8 Å². The number of nitrogens with one attached hydrogen (secondary N) is 2. The Hall–Kier alpha value is -3.23. The molecule has 2 aromatic rings. The summed E-state index contributed by atoms with van der Waals surface area (Å²) in [5.41, 5.74) is 1.38. The van der Waals surface area contributed by atoms with E-state index in [1.165, 1.54) is 6.07 Å². The standard InChI is InChI=1S/C20H23F2N3O4/c1-13(2)10-24-20(23-6-5-15-4-3-7-26-15)25-11-14-8-17-18(28-12-27-17)9-16(14)29-19(21)22/h3-4,7-9,19H,1,5-6,10-12H2,2H3,(H2,23,24,25). The van der Waals surface area contributed by atoms with Gasteiger partial charge >= 0.3 is 6.61 Å². The highest BCUT2D eigenvalue weighted by Gasteiger charge is 2.20. The Morgan fingerprint density at radius 2 is 2.07 bits per heavy atom. The average Bonchev–Trinajstić information content (AvgIpc) is 3.34. The lowest BCUT2D eigenvalue weighted by molar-refractivity contribution is -0.0505. The van der Waals surface area contributed by atoms with Crippen molar-refractivity contribution in [2.24, 2.45) is 4.99 Å². The second-order valence-electron chi connectivity index (χ2n) is 6.42. The molecule has 0 fully saturated rings. The van der Waals surface area contributed by atoms with Gasteiger partial charge in [-0.05, 0) is 25.1 Å². The molecule has 0 spiro atoms. The fourth-order valence-electron chi connectivity index (χ4n) is 2.63. The zero-order valence-electron chi connectivity index (χ0n) is 16.0. The maximum Gasteiger partial charge on any atom is 0.387 e. The quantitative estimate of drug-likeness (QED) is 0.377. The van der Waals surface area contributed by atoms with Crippen LogP contribution in [0.15, 0.2) is 52.1 Å². The van der Waals surface area contributed by atoms with Crippen molar-refractivity contribution in [3.63, 3.8) is 0 Å². The Morgan fingerprint density at radius 1 is 1.28 bits per heavy atom. The first-order chi connectivity index (χ1) is 14.0. The van der Waals surface area contributed by atoms with Crippen LogP contribution in [0, 0.1) is 0 Å². The summed E-state index contributed by atoms with van der Waals surface area (Å²) >= 11 is 0. The van der Waals surface area contributed by atoms with Crippen molar-refractivity contribution >= 4 is 5.96 Å². The number of hydrogen-bond donors (Lipinski definition) is 2. The normalized spacial score (nSPS) is 12.9. The highest BCUT2D eigenvalue weighted by atomic mass is 19.3. The average molecular weight is 407 g/mol. The molecule has 1 aliphatic rings.